The number of anilines is 1. The molecule has 1 aliphatic rings. The molecule has 0 saturated heterocycles. The van der Waals surface area contributed by atoms with E-state index in [2.05, 4.69) is 36.3 Å². The van der Waals surface area contributed by atoms with Gasteiger partial charge in [0.1, 0.15) is 0 Å². The van der Waals surface area contributed by atoms with Crippen LogP contribution < -0.4 is 5.32 Å². The molecule has 0 aliphatic heterocycles. The molecule has 1 heterocycles. The van der Waals surface area contributed by atoms with Gasteiger partial charge in [-0.3, -0.25) is 4.98 Å². The van der Waals surface area contributed by atoms with Crippen LogP contribution >= 0.6 is 0 Å². The molecule has 1 aromatic rings. The van der Waals surface area contributed by atoms with Crippen LogP contribution in [0.25, 0.3) is 0 Å². The zero-order valence-electron chi connectivity index (χ0n) is 11.3. The van der Waals surface area contributed by atoms with Gasteiger partial charge in [-0.25, -0.2) is 0 Å². The Morgan fingerprint density at radius 1 is 1.18 bits per heavy atom. The summed E-state index contributed by atoms with van der Waals surface area (Å²) in [7, 11) is 0. The topological polar surface area (TPSA) is 24.9 Å². The first-order chi connectivity index (χ1) is 8.15. The van der Waals surface area contributed by atoms with Gasteiger partial charge in [-0.1, -0.05) is 19.8 Å². The first kappa shape index (κ1) is 12.4. The second-order valence-electron chi connectivity index (χ2n) is 5.59. The van der Waals surface area contributed by atoms with E-state index in [-0.39, 0.29) is 0 Å². The lowest BCUT2D eigenvalue weighted by Crippen LogP contribution is -2.20. The van der Waals surface area contributed by atoms with Crippen molar-refractivity contribution in [3.8, 4) is 0 Å². The van der Waals surface area contributed by atoms with Gasteiger partial charge in [0, 0.05) is 12.2 Å². The van der Waals surface area contributed by atoms with Gasteiger partial charge in [-0.2, -0.15) is 0 Å². The van der Waals surface area contributed by atoms with E-state index in [4.69, 9.17) is 0 Å². The molecule has 1 saturated carbocycles. The van der Waals surface area contributed by atoms with E-state index >= 15 is 0 Å². The molecular formula is C15H24N2. The summed E-state index contributed by atoms with van der Waals surface area (Å²) in [6.07, 6.45) is 5.56. The number of hydrogen-bond donors (Lipinski definition) is 1. The van der Waals surface area contributed by atoms with Crippen LogP contribution in [-0.4, -0.2) is 11.5 Å². The molecule has 0 radical (unpaired) electrons. The summed E-state index contributed by atoms with van der Waals surface area (Å²) in [5.41, 5.74) is 3.42. The van der Waals surface area contributed by atoms with Gasteiger partial charge in [0.05, 0.1) is 11.4 Å². The molecule has 1 aromatic heterocycles. The maximum atomic E-state index is 4.49. The van der Waals surface area contributed by atoms with Crippen LogP contribution in [0.15, 0.2) is 12.1 Å². The van der Waals surface area contributed by atoms with Crippen LogP contribution in [0.5, 0.6) is 0 Å². The minimum absolute atomic E-state index is 0.854. The van der Waals surface area contributed by atoms with Crippen molar-refractivity contribution in [1.82, 2.24) is 4.98 Å². The van der Waals surface area contributed by atoms with Crippen molar-refractivity contribution in [1.29, 1.82) is 0 Å². The Labute approximate surface area is 105 Å². The Bertz CT molecular complexity index is 365. The fraction of sp³-hybridized carbons (Fsp3) is 0.667. The summed E-state index contributed by atoms with van der Waals surface area (Å²) in [5.74, 6) is 1.79. The minimum atomic E-state index is 0.854. The fourth-order valence-corrected chi connectivity index (χ4v) is 2.66. The lowest BCUT2D eigenvalue weighted by molar-refractivity contribution is 0.300. The monoisotopic (exact) mass is 232 g/mol. The predicted octanol–water partition coefficient (Wildman–Crippen LogP) is 3.94. The Morgan fingerprint density at radius 2 is 1.88 bits per heavy atom. The highest BCUT2D eigenvalue weighted by Crippen LogP contribution is 2.28. The van der Waals surface area contributed by atoms with E-state index in [0.717, 1.165) is 29.8 Å². The standard InChI is InChI=1S/C15H24N2/c1-11-4-7-14(8-5-11)10-16-15-9-6-12(2)17-13(15)3/h6,9,11,14,16H,4-5,7-8,10H2,1-3H3. The fourth-order valence-electron chi connectivity index (χ4n) is 2.66. The van der Waals surface area contributed by atoms with E-state index in [1.165, 1.54) is 31.4 Å². The van der Waals surface area contributed by atoms with E-state index in [1.54, 1.807) is 0 Å². The van der Waals surface area contributed by atoms with Crippen LogP contribution in [0, 0.1) is 25.7 Å². The molecule has 94 valence electrons. The lowest BCUT2D eigenvalue weighted by Gasteiger charge is -2.26. The summed E-state index contributed by atoms with van der Waals surface area (Å²) in [6.45, 7) is 7.60. The van der Waals surface area contributed by atoms with Gasteiger partial charge in [0.15, 0.2) is 0 Å². The number of aromatic nitrogens is 1. The van der Waals surface area contributed by atoms with Crippen LogP contribution in [0.3, 0.4) is 0 Å². The van der Waals surface area contributed by atoms with Crippen molar-refractivity contribution in [2.24, 2.45) is 11.8 Å². The zero-order valence-corrected chi connectivity index (χ0v) is 11.3. The largest absolute Gasteiger partial charge is 0.383 e. The van der Waals surface area contributed by atoms with Crippen molar-refractivity contribution in [3.05, 3.63) is 23.5 Å². The third kappa shape index (κ3) is 3.45. The van der Waals surface area contributed by atoms with Gasteiger partial charge in [-0.15, -0.1) is 0 Å². The Kier molecular flexibility index (Phi) is 4.03. The molecule has 0 unspecified atom stereocenters. The summed E-state index contributed by atoms with van der Waals surface area (Å²) in [4.78, 5) is 4.49. The molecule has 0 bridgehead atoms. The number of hydrogen-bond acceptors (Lipinski definition) is 2. The number of nitrogens with one attached hydrogen (secondary N) is 1. The quantitative estimate of drug-likeness (QED) is 0.854. The molecule has 2 nitrogen and oxygen atoms in total. The van der Waals surface area contributed by atoms with E-state index in [0.29, 0.717) is 0 Å². The van der Waals surface area contributed by atoms with Crippen LogP contribution in [0.4, 0.5) is 5.69 Å². The van der Waals surface area contributed by atoms with Gasteiger partial charge < -0.3 is 5.32 Å². The molecular weight excluding hydrogens is 208 g/mol. The molecule has 0 amide bonds. The first-order valence-electron chi connectivity index (χ1n) is 6.83. The van der Waals surface area contributed by atoms with Crippen molar-refractivity contribution < 1.29 is 0 Å². The van der Waals surface area contributed by atoms with Gasteiger partial charge in [-0.05, 0) is 50.7 Å². The van der Waals surface area contributed by atoms with Crippen molar-refractivity contribution in [3.63, 3.8) is 0 Å². The highest BCUT2D eigenvalue weighted by molar-refractivity contribution is 5.47. The molecule has 1 N–H and O–H groups in total. The number of pyridine rings is 1. The van der Waals surface area contributed by atoms with Crippen molar-refractivity contribution in [2.75, 3.05) is 11.9 Å². The zero-order chi connectivity index (χ0) is 12.3. The maximum Gasteiger partial charge on any atom is 0.0606 e. The molecule has 2 rings (SSSR count). The lowest BCUT2D eigenvalue weighted by atomic mass is 9.83. The highest BCUT2D eigenvalue weighted by Gasteiger charge is 2.17. The third-order valence-electron chi connectivity index (χ3n) is 3.94. The Morgan fingerprint density at radius 3 is 2.53 bits per heavy atom. The maximum absolute atomic E-state index is 4.49. The second-order valence-corrected chi connectivity index (χ2v) is 5.59. The van der Waals surface area contributed by atoms with Gasteiger partial charge >= 0.3 is 0 Å². The van der Waals surface area contributed by atoms with Gasteiger partial charge in [0.2, 0.25) is 0 Å². The van der Waals surface area contributed by atoms with Crippen molar-refractivity contribution >= 4 is 5.69 Å². The number of aryl methyl sites for hydroxylation is 2. The van der Waals surface area contributed by atoms with Crippen molar-refractivity contribution in [2.45, 2.75) is 46.5 Å². The average Bonchev–Trinajstić information content (AvgIpc) is 2.30. The molecule has 2 heteroatoms. The minimum Gasteiger partial charge on any atom is -0.383 e. The summed E-state index contributed by atoms with van der Waals surface area (Å²) >= 11 is 0. The summed E-state index contributed by atoms with van der Waals surface area (Å²) in [6, 6.07) is 4.24. The Balaban J connectivity index is 1.85. The predicted molar refractivity (Wildman–Crippen MR) is 73.3 cm³/mol. The van der Waals surface area contributed by atoms with Gasteiger partial charge in [0.25, 0.3) is 0 Å². The highest BCUT2D eigenvalue weighted by atomic mass is 14.9. The van der Waals surface area contributed by atoms with E-state index < -0.39 is 0 Å². The molecule has 0 atom stereocenters. The summed E-state index contributed by atoms with van der Waals surface area (Å²) < 4.78 is 0. The van der Waals surface area contributed by atoms with E-state index in [9.17, 15) is 0 Å². The summed E-state index contributed by atoms with van der Waals surface area (Å²) in [5, 5.41) is 3.56. The first-order valence-corrected chi connectivity index (χ1v) is 6.83. The van der Waals surface area contributed by atoms with Crippen LogP contribution in [0.1, 0.15) is 44.0 Å². The smallest absolute Gasteiger partial charge is 0.0606 e. The van der Waals surface area contributed by atoms with Crippen LogP contribution in [0.2, 0.25) is 0 Å². The average molecular weight is 232 g/mol. The molecule has 1 fully saturated rings. The number of rotatable bonds is 3. The third-order valence-corrected chi connectivity index (χ3v) is 3.94. The number of nitrogens with zero attached hydrogens (tertiary/aromatic N) is 1. The molecule has 17 heavy (non-hydrogen) atoms. The Hall–Kier alpha value is -1.05. The second kappa shape index (κ2) is 5.52. The molecule has 0 aromatic carbocycles. The normalized spacial score (nSPS) is 24.6. The SMILES string of the molecule is Cc1ccc(NCC2CCC(C)CC2)c(C)n1. The molecule has 0 spiro atoms. The van der Waals surface area contributed by atoms with E-state index in [1.807, 2.05) is 6.92 Å². The van der Waals surface area contributed by atoms with Crippen LogP contribution in [-0.2, 0) is 0 Å². The molecule has 1 aliphatic carbocycles.